The molecule has 0 radical (unpaired) electrons. The Labute approximate surface area is 114 Å². The first-order valence-corrected chi connectivity index (χ1v) is 6.73. The molecule has 2 rings (SSSR count). The minimum atomic E-state index is -0.209. The second kappa shape index (κ2) is 5.72. The number of aliphatic hydroxyl groups excluding tert-OH is 1. The van der Waals surface area contributed by atoms with E-state index in [1.54, 1.807) is 0 Å². The molecule has 1 aromatic carbocycles. The van der Waals surface area contributed by atoms with E-state index in [2.05, 4.69) is 6.07 Å². The number of carbonyl (C=O) groups excluding carboxylic acids is 1. The van der Waals surface area contributed by atoms with Gasteiger partial charge < -0.3 is 10.0 Å². The van der Waals surface area contributed by atoms with Gasteiger partial charge in [0.15, 0.2) is 0 Å². The molecule has 1 amide bonds. The highest BCUT2D eigenvalue weighted by atomic mass is 16.3. The van der Waals surface area contributed by atoms with Crippen molar-refractivity contribution in [3.63, 3.8) is 0 Å². The standard InChI is InChI=1S/C15H22N2O2/c1-11-8-12(2)10-13(9-11)17-6-5-16(3)14(4-7-18)15(17)19/h8-10,14,18H,4-7H2,1-3H3. The minimum Gasteiger partial charge on any atom is -0.396 e. The molecule has 104 valence electrons. The maximum atomic E-state index is 12.5. The molecule has 1 N–H and O–H groups in total. The zero-order valence-corrected chi connectivity index (χ0v) is 11.9. The third-order valence-corrected chi connectivity index (χ3v) is 3.68. The van der Waals surface area contributed by atoms with E-state index in [1.807, 2.05) is 42.8 Å². The van der Waals surface area contributed by atoms with Crippen LogP contribution in [-0.2, 0) is 4.79 Å². The number of hydrogen-bond donors (Lipinski definition) is 1. The van der Waals surface area contributed by atoms with Gasteiger partial charge in [-0.25, -0.2) is 0 Å². The van der Waals surface area contributed by atoms with Crippen LogP contribution < -0.4 is 4.90 Å². The highest BCUT2D eigenvalue weighted by molar-refractivity contribution is 5.98. The minimum absolute atomic E-state index is 0.0431. The second-order valence-corrected chi connectivity index (χ2v) is 5.34. The molecule has 1 aliphatic rings. The lowest BCUT2D eigenvalue weighted by Gasteiger charge is -2.38. The summed E-state index contributed by atoms with van der Waals surface area (Å²) in [5.74, 6) is 0.0906. The fourth-order valence-electron chi connectivity index (χ4n) is 2.72. The summed E-state index contributed by atoms with van der Waals surface area (Å²) >= 11 is 0. The maximum Gasteiger partial charge on any atom is 0.244 e. The molecule has 0 saturated carbocycles. The number of rotatable bonds is 3. The predicted molar refractivity (Wildman–Crippen MR) is 76.4 cm³/mol. The largest absolute Gasteiger partial charge is 0.396 e. The molecule has 1 heterocycles. The fraction of sp³-hybridized carbons (Fsp3) is 0.533. The second-order valence-electron chi connectivity index (χ2n) is 5.34. The summed E-state index contributed by atoms with van der Waals surface area (Å²) in [6.07, 6.45) is 0.497. The molecule has 0 aromatic heterocycles. The monoisotopic (exact) mass is 262 g/mol. The predicted octanol–water partition coefficient (Wildman–Crippen LogP) is 1.33. The number of anilines is 1. The molecular formula is C15H22N2O2. The molecule has 4 heteroatoms. The Morgan fingerprint density at radius 3 is 2.42 bits per heavy atom. The molecule has 1 aromatic rings. The number of amides is 1. The molecule has 1 aliphatic heterocycles. The van der Waals surface area contributed by atoms with Gasteiger partial charge in [-0.1, -0.05) is 6.07 Å². The molecule has 0 spiro atoms. The van der Waals surface area contributed by atoms with Crippen molar-refractivity contribution in [2.75, 3.05) is 31.6 Å². The van der Waals surface area contributed by atoms with Gasteiger partial charge in [0, 0.05) is 25.4 Å². The Hall–Kier alpha value is -1.39. The topological polar surface area (TPSA) is 43.8 Å². The molecule has 0 aliphatic carbocycles. The van der Waals surface area contributed by atoms with Crippen LogP contribution in [-0.4, -0.2) is 48.7 Å². The van der Waals surface area contributed by atoms with Crippen LogP contribution in [0.15, 0.2) is 18.2 Å². The van der Waals surface area contributed by atoms with Crippen molar-refractivity contribution in [2.45, 2.75) is 26.3 Å². The molecule has 1 atom stereocenters. The Balaban J connectivity index is 2.27. The van der Waals surface area contributed by atoms with Gasteiger partial charge >= 0.3 is 0 Å². The highest BCUT2D eigenvalue weighted by Gasteiger charge is 2.32. The number of benzene rings is 1. The van der Waals surface area contributed by atoms with E-state index in [4.69, 9.17) is 5.11 Å². The van der Waals surface area contributed by atoms with Crippen molar-refractivity contribution in [3.8, 4) is 0 Å². The van der Waals surface area contributed by atoms with Crippen LogP contribution in [0, 0.1) is 13.8 Å². The normalized spacial score (nSPS) is 20.9. The van der Waals surface area contributed by atoms with Crippen LogP contribution in [0.25, 0.3) is 0 Å². The van der Waals surface area contributed by atoms with E-state index in [-0.39, 0.29) is 18.6 Å². The summed E-state index contributed by atoms with van der Waals surface area (Å²) < 4.78 is 0. The highest BCUT2D eigenvalue weighted by Crippen LogP contribution is 2.23. The van der Waals surface area contributed by atoms with Crippen LogP contribution in [0.3, 0.4) is 0 Å². The van der Waals surface area contributed by atoms with Crippen molar-refractivity contribution >= 4 is 11.6 Å². The van der Waals surface area contributed by atoms with Gasteiger partial charge in [-0.05, 0) is 50.6 Å². The smallest absolute Gasteiger partial charge is 0.244 e. The lowest BCUT2D eigenvalue weighted by molar-refractivity contribution is -0.125. The Morgan fingerprint density at radius 1 is 1.21 bits per heavy atom. The molecule has 0 bridgehead atoms. The molecule has 1 fully saturated rings. The average Bonchev–Trinajstić information content (AvgIpc) is 2.33. The van der Waals surface area contributed by atoms with Gasteiger partial charge in [0.1, 0.15) is 0 Å². The quantitative estimate of drug-likeness (QED) is 0.894. The molecule has 19 heavy (non-hydrogen) atoms. The molecular weight excluding hydrogens is 240 g/mol. The van der Waals surface area contributed by atoms with Crippen LogP contribution in [0.5, 0.6) is 0 Å². The van der Waals surface area contributed by atoms with E-state index in [0.717, 1.165) is 12.2 Å². The molecule has 4 nitrogen and oxygen atoms in total. The summed E-state index contributed by atoms with van der Waals surface area (Å²) in [5, 5.41) is 9.10. The van der Waals surface area contributed by atoms with E-state index < -0.39 is 0 Å². The number of nitrogens with zero attached hydrogens (tertiary/aromatic N) is 2. The average molecular weight is 262 g/mol. The summed E-state index contributed by atoms with van der Waals surface area (Å²) in [4.78, 5) is 16.4. The van der Waals surface area contributed by atoms with Gasteiger partial charge in [-0.2, -0.15) is 0 Å². The van der Waals surface area contributed by atoms with Gasteiger partial charge in [0.05, 0.1) is 6.04 Å². The number of aliphatic hydroxyl groups is 1. The summed E-state index contributed by atoms with van der Waals surface area (Å²) in [6, 6.07) is 5.99. The Kier molecular flexibility index (Phi) is 4.22. The van der Waals surface area contributed by atoms with Crippen molar-refractivity contribution in [1.29, 1.82) is 0 Å². The van der Waals surface area contributed by atoms with E-state index >= 15 is 0 Å². The first-order valence-electron chi connectivity index (χ1n) is 6.73. The van der Waals surface area contributed by atoms with E-state index in [0.29, 0.717) is 13.0 Å². The van der Waals surface area contributed by atoms with Crippen molar-refractivity contribution in [1.82, 2.24) is 4.90 Å². The van der Waals surface area contributed by atoms with Gasteiger partial charge in [0.25, 0.3) is 0 Å². The molecule has 1 unspecified atom stereocenters. The van der Waals surface area contributed by atoms with Crippen LogP contribution >= 0.6 is 0 Å². The Bertz CT molecular complexity index is 453. The first-order chi connectivity index (χ1) is 9.02. The number of piperazine rings is 1. The Morgan fingerprint density at radius 2 is 1.84 bits per heavy atom. The maximum absolute atomic E-state index is 12.5. The molecule has 1 saturated heterocycles. The number of aryl methyl sites for hydroxylation is 2. The van der Waals surface area contributed by atoms with Crippen LogP contribution in [0.1, 0.15) is 17.5 Å². The van der Waals surface area contributed by atoms with E-state index in [9.17, 15) is 4.79 Å². The zero-order valence-electron chi connectivity index (χ0n) is 11.9. The van der Waals surface area contributed by atoms with Crippen molar-refractivity contribution in [2.24, 2.45) is 0 Å². The van der Waals surface area contributed by atoms with Crippen molar-refractivity contribution in [3.05, 3.63) is 29.3 Å². The van der Waals surface area contributed by atoms with E-state index in [1.165, 1.54) is 11.1 Å². The lowest BCUT2D eigenvalue weighted by atomic mass is 10.1. The lowest BCUT2D eigenvalue weighted by Crippen LogP contribution is -2.56. The summed E-state index contributed by atoms with van der Waals surface area (Å²) in [5.41, 5.74) is 3.31. The summed E-state index contributed by atoms with van der Waals surface area (Å²) in [7, 11) is 1.94. The summed E-state index contributed by atoms with van der Waals surface area (Å²) in [6.45, 7) is 5.68. The van der Waals surface area contributed by atoms with Crippen LogP contribution in [0.4, 0.5) is 5.69 Å². The zero-order chi connectivity index (χ0) is 14.0. The van der Waals surface area contributed by atoms with Gasteiger partial charge in [-0.3, -0.25) is 9.69 Å². The van der Waals surface area contributed by atoms with Crippen LogP contribution in [0.2, 0.25) is 0 Å². The van der Waals surface area contributed by atoms with Crippen molar-refractivity contribution < 1.29 is 9.90 Å². The van der Waals surface area contributed by atoms with Gasteiger partial charge in [0.2, 0.25) is 5.91 Å². The number of carbonyl (C=O) groups is 1. The van der Waals surface area contributed by atoms with Gasteiger partial charge in [-0.15, -0.1) is 0 Å². The SMILES string of the molecule is Cc1cc(C)cc(N2CCN(C)C(CCO)C2=O)c1. The third-order valence-electron chi connectivity index (χ3n) is 3.68. The fourth-order valence-corrected chi connectivity index (χ4v) is 2.72. The third kappa shape index (κ3) is 2.96. The number of hydrogen-bond acceptors (Lipinski definition) is 3. The first kappa shape index (κ1) is 14.0. The number of likely N-dealkylation sites (N-methyl/N-ethyl adjacent to an activating group) is 1.